The second kappa shape index (κ2) is 6.17. The highest BCUT2D eigenvalue weighted by molar-refractivity contribution is 7.80. The van der Waals surface area contributed by atoms with Gasteiger partial charge in [0.05, 0.1) is 15.9 Å². The van der Waals surface area contributed by atoms with Crippen molar-refractivity contribution >= 4 is 46.1 Å². The van der Waals surface area contributed by atoms with Crippen molar-refractivity contribution in [2.24, 2.45) is 11.1 Å². The maximum absolute atomic E-state index is 12.4. The molecule has 1 aromatic heterocycles. The Balaban J connectivity index is 2.02. The summed E-state index contributed by atoms with van der Waals surface area (Å²) in [7, 11) is 0. The van der Waals surface area contributed by atoms with Crippen LogP contribution in [0.2, 0.25) is 4.34 Å². The highest BCUT2D eigenvalue weighted by atomic mass is 35.5. The van der Waals surface area contributed by atoms with Gasteiger partial charge in [-0.25, -0.2) is 0 Å². The van der Waals surface area contributed by atoms with E-state index in [2.05, 4.69) is 5.32 Å². The Morgan fingerprint density at radius 1 is 1.53 bits per heavy atom. The first-order chi connectivity index (χ1) is 9.04. The molecule has 0 spiro atoms. The monoisotopic (exact) mass is 318 g/mol. The van der Waals surface area contributed by atoms with Crippen molar-refractivity contribution in [1.82, 2.24) is 5.32 Å². The Hall–Kier alpha value is -0.690. The van der Waals surface area contributed by atoms with Gasteiger partial charge in [-0.3, -0.25) is 4.79 Å². The summed E-state index contributed by atoms with van der Waals surface area (Å²) in [5.74, 6) is -0.118. The average molecular weight is 319 g/mol. The van der Waals surface area contributed by atoms with Crippen LogP contribution in [-0.2, 0) is 16.1 Å². The van der Waals surface area contributed by atoms with Crippen molar-refractivity contribution in [2.45, 2.75) is 19.4 Å². The zero-order valence-corrected chi connectivity index (χ0v) is 12.7. The van der Waals surface area contributed by atoms with Crippen LogP contribution in [0.3, 0.4) is 0 Å². The Labute approximate surface area is 126 Å². The van der Waals surface area contributed by atoms with Gasteiger partial charge < -0.3 is 15.8 Å². The van der Waals surface area contributed by atoms with E-state index in [4.69, 9.17) is 34.3 Å². The Bertz CT molecular complexity index is 484. The van der Waals surface area contributed by atoms with E-state index in [-0.39, 0.29) is 10.9 Å². The molecule has 2 heterocycles. The molecule has 0 aliphatic carbocycles. The molecule has 1 fully saturated rings. The Morgan fingerprint density at radius 3 is 2.74 bits per heavy atom. The second-order valence-electron chi connectivity index (χ2n) is 4.45. The summed E-state index contributed by atoms with van der Waals surface area (Å²) >= 11 is 12.4. The first-order valence-electron chi connectivity index (χ1n) is 5.95. The molecule has 0 bridgehead atoms. The fraction of sp³-hybridized carbons (Fsp3) is 0.500. The van der Waals surface area contributed by atoms with E-state index in [0.29, 0.717) is 36.9 Å². The molecule has 19 heavy (non-hydrogen) atoms. The largest absolute Gasteiger partial charge is 0.392 e. The number of amides is 1. The van der Waals surface area contributed by atoms with Crippen LogP contribution >= 0.6 is 35.2 Å². The molecule has 0 aromatic carbocycles. The molecule has 0 atom stereocenters. The minimum Gasteiger partial charge on any atom is -0.392 e. The summed E-state index contributed by atoms with van der Waals surface area (Å²) in [5.41, 5.74) is 5.00. The summed E-state index contributed by atoms with van der Waals surface area (Å²) < 4.78 is 5.99. The molecule has 2 rings (SSSR count). The van der Waals surface area contributed by atoms with Crippen molar-refractivity contribution in [2.75, 3.05) is 13.2 Å². The van der Waals surface area contributed by atoms with Crippen molar-refractivity contribution in [1.29, 1.82) is 0 Å². The van der Waals surface area contributed by atoms with Crippen molar-refractivity contribution in [3.05, 3.63) is 21.3 Å². The molecular formula is C12H15ClN2O2S2. The van der Waals surface area contributed by atoms with Gasteiger partial charge in [-0.15, -0.1) is 11.3 Å². The van der Waals surface area contributed by atoms with Gasteiger partial charge in [0.25, 0.3) is 0 Å². The molecule has 0 radical (unpaired) electrons. The SMILES string of the molecule is NC(=S)C1(C(=O)NCc2ccc(Cl)s2)CCOCC1. The van der Waals surface area contributed by atoms with Crippen LogP contribution in [-0.4, -0.2) is 24.1 Å². The summed E-state index contributed by atoms with van der Waals surface area (Å²) in [5, 5.41) is 2.89. The fourth-order valence-electron chi connectivity index (χ4n) is 2.09. The molecular weight excluding hydrogens is 304 g/mol. The van der Waals surface area contributed by atoms with Gasteiger partial charge in [0, 0.05) is 18.1 Å². The third-order valence-electron chi connectivity index (χ3n) is 3.30. The first-order valence-corrected chi connectivity index (χ1v) is 7.55. The normalized spacial score (nSPS) is 17.9. The van der Waals surface area contributed by atoms with E-state index in [1.165, 1.54) is 11.3 Å². The lowest BCUT2D eigenvalue weighted by atomic mass is 9.79. The molecule has 4 nitrogen and oxygen atoms in total. The molecule has 104 valence electrons. The minimum absolute atomic E-state index is 0.118. The molecule has 0 unspecified atom stereocenters. The number of hydrogen-bond acceptors (Lipinski definition) is 4. The Kier molecular flexibility index (Phi) is 4.78. The zero-order chi connectivity index (χ0) is 13.9. The van der Waals surface area contributed by atoms with Gasteiger partial charge in [0.2, 0.25) is 5.91 Å². The van der Waals surface area contributed by atoms with Crippen LogP contribution in [0, 0.1) is 5.41 Å². The standard InChI is InChI=1S/C12H15ClN2O2S2/c13-9-2-1-8(19-9)7-15-11(16)12(10(14)18)3-5-17-6-4-12/h1-2H,3-7H2,(H2,14,18)(H,15,16). The molecule has 0 saturated carbocycles. The van der Waals surface area contributed by atoms with Crippen molar-refractivity contribution < 1.29 is 9.53 Å². The highest BCUT2D eigenvalue weighted by Crippen LogP contribution is 2.31. The maximum Gasteiger partial charge on any atom is 0.233 e. The number of thiocarbonyl (C=S) groups is 1. The van der Waals surface area contributed by atoms with Gasteiger partial charge in [0.1, 0.15) is 5.41 Å². The number of rotatable bonds is 4. The molecule has 1 aromatic rings. The number of nitrogens with two attached hydrogens (primary N) is 1. The van der Waals surface area contributed by atoms with Gasteiger partial charge in [-0.1, -0.05) is 23.8 Å². The number of carbonyl (C=O) groups is 1. The molecule has 3 N–H and O–H groups in total. The summed E-state index contributed by atoms with van der Waals surface area (Å²) in [6.07, 6.45) is 1.08. The summed E-state index contributed by atoms with van der Waals surface area (Å²) in [6, 6.07) is 3.70. The predicted molar refractivity (Wildman–Crippen MR) is 80.4 cm³/mol. The number of nitrogens with one attached hydrogen (secondary N) is 1. The number of thiophene rings is 1. The molecule has 1 aliphatic heterocycles. The van der Waals surface area contributed by atoms with Crippen LogP contribution in [0.4, 0.5) is 0 Å². The molecule has 1 saturated heterocycles. The number of halogens is 1. The number of ether oxygens (including phenoxy) is 1. The van der Waals surface area contributed by atoms with Crippen molar-refractivity contribution in [3.8, 4) is 0 Å². The van der Waals surface area contributed by atoms with Crippen LogP contribution in [0.25, 0.3) is 0 Å². The van der Waals surface area contributed by atoms with E-state index in [0.717, 1.165) is 4.88 Å². The van der Waals surface area contributed by atoms with E-state index >= 15 is 0 Å². The van der Waals surface area contributed by atoms with Crippen LogP contribution in [0.5, 0.6) is 0 Å². The van der Waals surface area contributed by atoms with Gasteiger partial charge in [0.15, 0.2) is 0 Å². The lowest BCUT2D eigenvalue weighted by Gasteiger charge is -2.34. The quantitative estimate of drug-likeness (QED) is 0.835. The lowest BCUT2D eigenvalue weighted by molar-refractivity contribution is -0.131. The number of carbonyl (C=O) groups excluding carboxylic acids is 1. The third-order valence-corrected chi connectivity index (χ3v) is 4.93. The predicted octanol–water partition coefficient (Wildman–Crippen LogP) is 2.10. The molecule has 1 amide bonds. The van der Waals surface area contributed by atoms with Gasteiger partial charge >= 0.3 is 0 Å². The van der Waals surface area contributed by atoms with Crippen LogP contribution < -0.4 is 11.1 Å². The van der Waals surface area contributed by atoms with E-state index < -0.39 is 5.41 Å². The zero-order valence-electron chi connectivity index (χ0n) is 10.3. The second-order valence-corrected chi connectivity index (χ2v) is 6.69. The topological polar surface area (TPSA) is 64.4 Å². The van der Waals surface area contributed by atoms with E-state index in [1.807, 2.05) is 12.1 Å². The van der Waals surface area contributed by atoms with Crippen LogP contribution in [0.15, 0.2) is 12.1 Å². The van der Waals surface area contributed by atoms with E-state index in [9.17, 15) is 4.79 Å². The van der Waals surface area contributed by atoms with E-state index in [1.54, 1.807) is 0 Å². The first kappa shape index (κ1) is 14.7. The third kappa shape index (κ3) is 3.25. The minimum atomic E-state index is -0.769. The molecule has 7 heteroatoms. The Morgan fingerprint density at radius 2 is 2.21 bits per heavy atom. The van der Waals surface area contributed by atoms with Gasteiger partial charge in [-0.2, -0.15) is 0 Å². The average Bonchev–Trinajstić information content (AvgIpc) is 2.82. The maximum atomic E-state index is 12.4. The highest BCUT2D eigenvalue weighted by Gasteiger charge is 2.42. The fourth-order valence-corrected chi connectivity index (χ4v) is 3.41. The summed E-state index contributed by atoms with van der Waals surface area (Å²) in [4.78, 5) is 13.6. The van der Waals surface area contributed by atoms with Crippen LogP contribution in [0.1, 0.15) is 17.7 Å². The molecule has 1 aliphatic rings. The van der Waals surface area contributed by atoms with Gasteiger partial charge in [-0.05, 0) is 25.0 Å². The van der Waals surface area contributed by atoms with Crippen molar-refractivity contribution in [3.63, 3.8) is 0 Å². The summed E-state index contributed by atoms with van der Waals surface area (Å²) in [6.45, 7) is 1.46. The lowest BCUT2D eigenvalue weighted by Crippen LogP contribution is -2.51. The number of hydrogen-bond donors (Lipinski definition) is 2. The smallest absolute Gasteiger partial charge is 0.233 e.